The molecule has 0 amide bonds. The highest BCUT2D eigenvalue weighted by Crippen LogP contribution is 2.00. The second-order valence-electron chi connectivity index (χ2n) is 1.78. The average molecular weight is 141 g/mol. The fourth-order valence-corrected chi connectivity index (χ4v) is 0.419. The van der Waals surface area contributed by atoms with Crippen LogP contribution in [0.2, 0.25) is 0 Å². The lowest BCUT2D eigenvalue weighted by molar-refractivity contribution is 0.112. The molecule has 0 aliphatic carbocycles. The van der Waals surface area contributed by atoms with Crippen molar-refractivity contribution in [2.75, 3.05) is 13.2 Å². The van der Waals surface area contributed by atoms with Crippen molar-refractivity contribution < 1.29 is 9.47 Å². The van der Waals surface area contributed by atoms with Crippen LogP contribution in [0.25, 0.3) is 0 Å². The molecule has 0 aromatic carbocycles. The zero-order chi connectivity index (χ0) is 7.82. The van der Waals surface area contributed by atoms with E-state index in [9.17, 15) is 0 Å². The maximum atomic E-state index is 5.12. The van der Waals surface area contributed by atoms with Crippen molar-refractivity contribution in [3.8, 4) is 0 Å². The summed E-state index contributed by atoms with van der Waals surface area (Å²) in [5, 5.41) is 0. The minimum absolute atomic E-state index is 0.470. The summed E-state index contributed by atoms with van der Waals surface area (Å²) in [5.74, 6) is 0. The minimum Gasteiger partial charge on any atom is -0.499 e. The summed E-state index contributed by atoms with van der Waals surface area (Å²) in [6.45, 7) is 9.77. The summed E-state index contributed by atoms with van der Waals surface area (Å²) < 4.78 is 9.98. The van der Waals surface area contributed by atoms with Crippen molar-refractivity contribution in [1.29, 1.82) is 0 Å². The van der Waals surface area contributed by atoms with E-state index < -0.39 is 0 Å². The van der Waals surface area contributed by atoms with E-state index in [2.05, 4.69) is 13.2 Å². The molecule has 0 saturated carbocycles. The van der Waals surface area contributed by atoms with E-state index in [0.29, 0.717) is 13.2 Å². The van der Waals surface area contributed by atoms with Crippen LogP contribution in [-0.4, -0.2) is 13.2 Å². The fraction of sp³-hybridized carbons (Fsp3) is 0.375. The largest absolute Gasteiger partial charge is 0.499 e. The Morgan fingerprint density at radius 1 is 1.50 bits per heavy atom. The first-order valence-electron chi connectivity index (χ1n) is 3.10. The molecule has 0 fully saturated rings. The van der Waals surface area contributed by atoms with Crippen LogP contribution in [0.4, 0.5) is 0 Å². The summed E-state index contributed by atoms with van der Waals surface area (Å²) in [5.41, 5.74) is 0. The molecule has 0 saturated heterocycles. The summed E-state index contributed by atoms with van der Waals surface area (Å²) in [6.07, 6.45) is 3.91. The first-order valence-corrected chi connectivity index (χ1v) is 3.10. The Morgan fingerprint density at radius 3 is 2.70 bits per heavy atom. The predicted molar refractivity (Wildman–Crippen MR) is 41.2 cm³/mol. The highest BCUT2D eigenvalue weighted by molar-refractivity contribution is 4.75. The molecule has 2 heteroatoms. The van der Waals surface area contributed by atoms with Gasteiger partial charge in [-0.05, 0) is 6.92 Å². The normalized spacial score (nSPS) is 9.40. The lowest BCUT2D eigenvalue weighted by atomic mass is 10.4. The Labute approximate surface area is 62.1 Å². The highest BCUT2D eigenvalue weighted by atomic mass is 16.5. The molecule has 0 unspecified atom stereocenters. The van der Waals surface area contributed by atoms with Gasteiger partial charge in [0, 0.05) is 0 Å². The number of ether oxygens (including phenoxy) is 2. The van der Waals surface area contributed by atoms with Gasteiger partial charge in [-0.25, -0.2) is 0 Å². The lowest BCUT2D eigenvalue weighted by Gasteiger charge is -2.08. The molecule has 0 aliphatic rings. The molecular formula is C8H13O2. The van der Waals surface area contributed by atoms with Gasteiger partial charge in [0.2, 0.25) is 0 Å². The van der Waals surface area contributed by atoms with Crippen molar-refractivity contribution in [2.24, 2.45) is 0 Å². The van der Waals surface area contributed by atoms with Crippen LogP contribution in [0.3, 0.4) is 0 Å². The molecule has 0 bridgehead atoms. The van der Waals surface area contributed by atoms with Crippen LogP contribution in [0.1, 0.15) is 6.92 Å². The van der Waals surface area contributed by atoms with Gasteiger partial charge in [-0.3, -0.25) is 0 Å². The van der Waals surface area contributed by atoms with E-state index in [1.165, 1.54) is 6.26 Å². The van der Waals surface area contributed by atoms with Crippen molar-refractivity contribution in [3.05, 3.63) is 31.6 Å². The van der Waals surface area contributed by atoms with E-state index in [-0.39, 0.29) is 0 Å². The second kappa shape index (κ2) is 6.36. The van der Waals surface area contributed by atoms with Crippen molar-refractivity contribution in [2.45, 2.75) is 6.92 Å². The topological polar surface area (TPSA) is 18.5 Å². The first-order chi connectivity index (χ1) is 4.81. The third-order valence-corrected chi connectivity index (χ3v) is 0.852. The SMILES string of the molecule is C=CCO[C](C)COC=C. The molecule has 0 atom stereocenters. The zero-order valence-electron chi connectivity index (χ0n) is 6.30. The Hall–Kier alpha value is -0.760. The summed E-state index contributed by atoms with van der Waals surface area (Å²) >= 11 is 0. The molecule has 0 spiro atoms. The van der Waals surface area contributed by atoms with Gasteiger partial charge in [0.25, 0.3) is 0 Å². The summed E-state index contributed by atoms with van der Waals surface area (Å²) in [7, 11) is 0. The average Bonchev–Trinajstić information content (AvgIpc) is 1.97. The molecule has 0 rings (SSSR count). The van der Waals surface area contributed by atoms with E-state index in [1.807, 2.05) is 6.92 Å². The van der Waals surface area contributed by atoms with E-state index in [0.717, 1.165) is 6.10 Å². The maximum Gasteiger partial charge on any atom is 0.131 e. The molecule has 0 aliphatic heterocycles. The van der Waals surface area contributed by atoms with Crippen LogP contribution < -0.4 is 0 Å². The van der Waals surface area contributed by atoms with Gasteiger partial charge in [-0.2, -0.15) is 0 Å². The summed E-state index contributed by atoms with van der Waals surface area (Å²) in [6, 6.07) is 0. The Morgan fingerprint density at radius 2 is 2.20 bits per heavy atom. The first kappa shape index (κ1) is 9.24. The third kappa shape index (κ3) is 5.38. The van der Waals surface area contributed by atoms with Crippen molar-refractivity contribution in [1.82, 2.24) is 0 Å². The maximum absolute atomic E-state index is 5.12. The quantitative estimate of drug-likeness (QED) is 0.415. The van der Waals surface area contributed by atoms with Crippen LogP contribution >= 0.6 is 0 Å². The van der Waals surface area contributed by atoms with Gasteiger partial charge in [0.05, 0.1) is 12.9 Å². The van der Waals surface area contributed by atoms with Crippen molar-refractivity contribution in [3.63, 3.8) is 0 Å². The van der Waals surface area contributed by atoms with Crippen LogP contribution in [0.15, 0.2) is 25.5 Å². The van der Waals surface area contributed by atoms with Crippen molar-refractivity contribution >= 4 is 0 Å². The standard InChI is InChI=1S/C8H13O2/c1-4-6-10-8(3)7-9-5-2/h4-5H,1-2,6-7H2,3H3. The molecule has 0 N–H and O–H groups in total. The lowest BCUT2D eigenvalue weighted by Crippen LogP contribution is -2.05. The number of hydrogen-bond donors (Lipinski definition) is 0. The zero-order valence-corrected chi connectivity index (χ0v) is 6.30. The molecule has 2 nitrogen and oxygen atoms in total. The molecule has 1 radical (unpaired) electrons. The molecular weight excluding hydrogens is 128 g/mol. The molecule has 0 aromatic heterocycles. The van der Waals surface area contributed by atoms with Gasteiger partial charge in [-0.1, -0.05) is 12.7 Å². The Bertz CT molecular complexity index is 87.4. The highest BCUT2D eigenvalue weighted by Gasteiger charge is 1.99. The fourth-order valence-electron chi connectivity index (χ4n) is 0.419. The van der Waals surface area contributed by atoms with Gasteiger partial charge in [0.15, 0.2) is 0 Å². The predicted octanol–water partition coefficient (Wildman–Crippen LogP) is 1.90. The monoisotopic (exact) mass is 141 g/mol. The van der Waals surface area contributed by atoms with Crippen LogP contribution in [0, 0.1) is 6.10 Å². The molecule has 57 valence electrons. The number of rotatable bonds is 6. The van der Waals surface area contributed by atoms with E-state index in [4.69, 9.17) is 9.47 Å². The third-order valence-electron chi connectivity index (χ3n) is 0.852. The van der Waals surface area contributed by atoms with E-state index >= 15 is 0 Å². The smallest absolute Gasteiger partial charge is 0.131 e. The number of hydrogen-bond acceptors (Lipinski definition) is 2. The minimum atomic E-state index is 0.470. The summed E-state index contributed by atoms with van der Waals surface area (Å²) in [4.78, 5) is 0. The molecule has 10 heavy (non-hydrogen) atoms. The van der Waals surface area contributed by atoms with Gasteiger partial charge in [-0.15, -0.1) is 6.58 Å². The Kier molecular flexibility index (Phi) is 5.88. The van der Waals surface area contributed by atoms with E-state index in [1.54, 1.807) is 6.08 Å². The van der Waals surface area contributed by atoms with Crippen LogP contribution in [0.5, 0.6) is 0 Å². The van der Waals surface area contributed by atoms with Gasteiger partial charge >= 0.3 is 0 Å². The molecule has 0 aromatic rings. The Balaban J connectivity index is 3.15. The second-order valence-corrected chi connectivity index (χ2v) is 1.78. The van der Waals surface area contributed by atoms with Gasteiger partial charge < -0.3 is 9.47 Å². The van der Waals surface area contributed by atoms with Crippen LogP contribution in [-0.2, 0) is 9.47 Å². The van der Waals surface area contributed by atoms with Gasteiger partial charge in [0.1, 0.15) is 12.7 Å². The molecule has 0 heterocycles.